The van der Waals surface area contributed by atoms with Crippen molar-refractivity contribution < 1.29 is 9.85 Å². The SMILES string of the molecule is O=[N+]([O-])c1sc([N+](=O)[O-])c(Br)c1Br. The van der Waals surface area contributed by atoms with Crippen molar-refractivity contribution in [3.8, 4) is 0 Å². The Hall–Kier alpha value is -0.540. The van der Waals surface area contributed by atoms with Crippen LogP contribution in [0.4, 0.5) is 10.0 Å². The van der Waals surface area contributed by atoms with Crippen molar-refractivity contribution in [2.75, 3.05) is 0 Å². The van der Waals surface area contributed by atoms with Gasteiger partial charge in [-0.15, -0.1) is 0 Å². The molecule has 1 rings (SSSR count). The first kappa shape index (κ1) is 10.5. The Balaban J connectivity index is 3.36. The van der Waals surface area contributed by atoms with Crippen LogP contribution in [0.25, 0.3) is 0 Å². The summed E-state index contributed by atoms with van der Waals surface area (Å²) in [6, 6.07) is 0. The fourth-order valence-corrected chi connectivity index (χ4v) is 2.73. The van der Waals surface area contributed by atoms with Crippen LogP contribution in [0.3, 0.4) is 0 Å². The largest absolute Gasteiger partial charge is 0.345 e. The summed E-state index contributed by atoms with van der Waals surface area (Å²) in [5.74, 6) is 0. The molecule has 0 fully saturated rings. The van der Waals surface area contributed by atoms with Crippen LogP contribution >= 0.6 is 43.2 Å². The Kier molecular flexibility index (Phi) is 2.98. The van der Waals surface area contributed by atoms with E-state index >= 15 is 0 Å². The van der Waals surface area contributed by atoms with Crippen LogP contribution in [-0.2, 0) is 0 Å². The van der Waals surface area contributed by atoms with E-state index in [0.29, 0.717) is 11.3 Å². The van der Waals surface area contributed by atoms with Crippen LogP contribution < -0.4 is 0 Å². The second-order valence-corrected chi connectivity index (χ2v) is 4.42. The molecule has 0 saturated carbocycles. The molecule has 1 aromatic heterocycles. The molecule has 0 aliphatic rings. The minimum atomic E-state index is -0.674. The standard InChI is InChI=1S/C4Br2N2O4S/c5-1-2(6)4(8(11)12)13-3(1)7(9)10. The lowest BCUT2D eigenvalue weighted by atomic mass is 10.6. The van der Waals surface area contributed by atoms with Crippen molar-refractivity contribution in [2.24, 2.45) is 0 Å². The van der Waals surface area contributed by atoms with Crippen molar-refractivity contribution in [1.82, 2.24) is 0 Å². The van der Waals surface area contributed by atoms with Crippen LogP contribution in [0.15, 0.2) is 8.95 Å². The first-order valence-corrected chi connectivity index (χ1v) is 5.12. The zero-order chi connectivity index (χ0) is 10.2. The fraction of sp³-hybridized carbons (Fsp3) is 0. The third kappa shape index (κ3) is 1.86. The van der Waals surface area contributed by atoms with Crippen molar-refractivity contribution in [3.63, 3.8) is 0 Å². The predicted octanol–water partition coefficient (Wildman–Crippen LogP) is 3.09. The van der Waals surface area contributed by atoms with Gasteiger partial charge < -0.3 is 0 Å². The molecular weight excluding hydrogens is 332 g/mol. The smallest absolute Gasteiger partial charge is 0.258 e. The number of rotatable bonds is 2. The molecule has 70 valence electrons. The van der Waals surface area contributed by atoms with Gasteiger partial charge in [0, 0.05) is 11.3 Å². The van der Waals surface area contributed by atoms with Gasteiger partial charge in [0.05, 0.1) is 9.85 Å². The lowest BCUT2D eigenvalue weighted by molar-refractivity contribution is -0.383. The van der Waals surface area contributed by atoms with Gasteiger partial charge in [-0.1, -0.05) is 0 Å². The second-order valence-electron chi connectivity index (χ2n) is 1.85. The van der Waals surface area contributed by atoms with Gasteiger partial charge >= 0.3 is 10.0 Å². The van der Waals surface area contributed by atoms with Crippen LogP contribution in [0.1, 0.15) is 0 Å². The van der Waals surface area contributed by atoms with E-state index in [0.717, 1.165) is 0 Å². The maximum absolute atomic E-state index is 10.4. The van der Waals surface area contributed by atoms with E-state index in [2.05, 4.69) is 31.9 Å². The van der Waals surface area contributed by atoms with Crippen molar-refractivity contribution in [3.05, 3.63) is 29.2 Å². The summed E-state index contributed by atoms with van der Waals surface area (Å²) in [5.41, 5.74) is 0. The summed E-state index contributed by atoms with van der Waals surface area (Å²) in [4.78, 5) is 19.4. The first-order chi connectivity index (χ1) is 5.95. The number of thiophene rings is 1. The number of hydrogen-bond acceptors (Lipinski definition) is 5. The van der Waals surface area contributed by atoms with E-state index in [1.54, 1.807) is 0 Å². The highest BCUT2D eigenvalue weighted by Gasteiger charge is 2.29. The quantitative estimate of drug-likeness (QED) is 0.615. The molecule has 0 atom stereocenters. The van der Waals surface area contributed by atoms with Gasteiger partial charge in [0.1, 0.15) is 8.95 Å². The highest BCUT2D eigenvalue weighted by molar-refractivity contribution is 9.13. The Labute approximate surface area is 92.1 Å². The molecular formula is C4Br2N2O4S. The van der Waals surface area contributed by atoms with Crippen LogP contribution in [0.5, 0.6) is 0 Å². The lowest BCUT2D eigenvalue weighted by Crippen LogP contribution is -1.82. The maximum atomic E-state index is 10.4. The Morgan fingerprint density at radius 1 is 1.00 bits per heavy atom. The van der Waals surface area contributed by atoms with Gasteiger partial charge in [-0.2, -0.15) is 0 Å². The molecule has 0 saturated heterocycles. The summed E-state index contributed by atoms with van der Waals surface area (Å²) in [7, 11) is 0. The van der Waals surface area contributed by atoms with Crippen LogP contribution in [0, 0.1) is 20.2 Å². The average Bonchev–Trinajstić information content (AvgIpc) is 2.29. The minimum absolute atomic E-state index is 0.106. The van der Waals surface area contributed by atoms with Gasteiger partial charge in [0.15, 0.2) is 0 Å². The highest BCUT2D eigenvalue weighted by Crippen LogP contribution is 2.46. The molecule has 0 unspecified atom stereocenters. The van der Waals surface area contributed by atoms with Gasteiger partial charge in [0.2, 0.25) is 0 Å². The third-order valence-electron chi connectivity index (χ3n) is 1.09. The average molecular weight is 332 g/mol. The Morgan fingerprint density at radius 3 is 1.46 bits per heavy atom. The molecule has 0 radical (unpaired) electrons. The monoisotopic (exact) mass is 330 g/mol. The van der Waals surface area contributed by atoms with E-state index in [1.165, 1.54) is 0 Å². The molecule has 0 aromatic carbocycles. The van der Waals surface area contributed by atoms with Gasteiger partial charge in [-0.3, -0.25) is 20.2 Å². The molecule has 0 aliphatic heterocycles. The molecule has 0 bridgehead atoms. The Morgan fingerprint density at radius 2 is 1.31 bits per heavy atom. The van der Waals surface area contributed by atoms with E-state index in [4.69, 9.17) is 0 Å². The van der Waals surface area contributed by atoms with E-state index in [9.17, 15) is 20.2 Å². The van der Waals surface area contributed by atoms with Crippen LogP contribution in [0.2, 0.25) is 0 Å². The summed E-state index contributed by atoms with van der Waals surface area (Å²) >= 11 is 6.29. The number of hydrogen-bond donors (Lipinski definition) is 0. The van der Waals surface area contributed by atoms with Crippen molar-refractivity contribution in [2.45, 2.75) is 0 Å². The van der Waals surface area contributed by atoms with Crippen molar-refractivity contribution in [1.29, 1.82) is 0 Å². The van der Waals surface area contributed by atoms with Gasteiger partial charge in [-0.25, -0.2) is 0 Å². The van der Waals surface area contributed by atoms with Crippen molar-refractivity contribution >= 4 is 53.2 Å². The number of halogens is 2. The second kappa shape index (κ2) is 3.68. The lowest BCUT2D eigenvalue weighted by Gasteiger charge is -1.83. The highest BCUT2D eigenvalue weighted by atomic mass is 79.9. The number of nitrogens with zero attached hydrogens (tertiary/aromatic N) is 2. The first-order valence-electron chi connectivity index (χ1n) is 2.71. The normalized spacial score (nSPS) is 10.0. The topological polar surface area (TPSA) is 86.3 Å². The zero-order valence-electron chi connectivity index (χ0n) is 5.69. The predicted molar refractivity (Wildman–Crippen MR) is 53.0 cm³/mol. The molecule has 1 heterocycles. The molecule has 0 amide bonds. The van der Waals surface area contributed by atoms with E-state index in [1.807, 2.05) is 0 Å². The molecule has 13 heavy (non-hydrogen) atoms. The van der Waals surface area contributed by atoms with Crippen LogP contribution in [-0.4, -0.2) is 9.85 Å². The summed E-state index contributed by atoms with van der Waals surface area (Å²) < 4.78 is 0.211. The summed E-state index contributed by atoms with van der Waals surface area (Å²) in [6.45, 7) is 0. The van der Waals surface area contributed by atoms with Gasteiger partial charge in [0.25, 0.3) is 0 Å². The van der Waals surface area contributed by atoms with Gasteiger partial charge in [-0.05, 0) is 31.9 Å². The van der Waals surface area contributed by atoms with E-state index in [-0.39, 0.29) is 18.9 Å². The zero-order valence-corrected chi connectivity index (χ0v) is 9.68. The molecule has 6 nitrogen and oxygen atoms in total. The molecule has 0 N–H and O–H groups in total. The summed E-state index contributed by atoms with van der Waals surface area (Å²) in [5, 5.41) is 20.1. The molecule has 1 aromatic rings. The third-order valence-corrected chi connectivity index (χ3v) is 4.79. The minimum Gasteiger partial charge on any atom is -0.258 e. The number of nitro groups is 2. The Bertz CT molecular complexity index is 355. The molecule has 0 spiro atoms. The fourth-order valence-electron chi connectivity index (χ4n) is 0.604. The summed E-state index contributed by atoms with van der Waals surface area (Å²) in [6.07, 6.45) is 0. The van der Waals surface area contributed by atoms with E-state index < -0.39 is 9.85 Å². The molecule has 0 aliphatic carbocycles. The molecule has 9 heteroatoms. The maximum Gasteiger partial charge on any atom is 0.345 e.